The number of hydrogen-bond donors (Lipinski definition) is 2. The molecule has 6 nitrogen and oxygen atoms in total. The maximum atomic E-state index is 13.1. The topological polar surface area (TPSA) is 86.0 Å². The Morgan fingerprint density at radius 3 is 2.68 bits per heavy atom. The van der Waals surface area contributed by atoms with Crippen molar-refractivity contribution in [1.82, 2.24) is 14.3 Å². The second-order valence-electron chi connectivity index (χ2n) is 6.29. The molecule has 4 rings (SSSR count). The highest BCUT2D eigenvalue weighted by Gasteiger charge is 2.29. The number of hydrogen-bond acceptors (Lipinski definition) is 4. The minimum Gasteiger partial charge on any atom is -0.357 e. The lowest BCUT2D eigenvalue weighted by molar-refractivity contribution is 0.349. The minimum atomic E-state index is -3.57. The number of rotatable bonds is 3. The molecular weight excluding hydrogens is 358 g/mol. The Hall–Kier alpha value is -1.77. The summed E-state index contributed by atoms with van der Waals surface area (Å²) < 4.78 is 27.6. The first-order chi connectivity index (χ1) is 12.0. The molecule has 3 aromatic rings. The summed E-state index contributed by atoms with van der Waals surface area (Å²) in [4.78, 5) is 18.0. The third kappa shape index (κ3) is 2.78. The second-order valence-corrected chi connectivity index (χ2v) is 9.51. The fraction of sp³-hybridized carbons (Fsp3) is 0.353. The molecule has 132 valence electrons. The van der Waals surface area contributed by atoms with Gasteiger partial charge in [0.05, 0.1) is 4.90 Å². The number of H-pyrrole nitrogens is 2. The Morgan fingerprint density at radius 2 is 1.92 bits per heavy atom. The van der Waals surface area contributed by atoms with Gasteiger partial charge in [-0.1, -0.05) is 0 Å². The van der Waals surface area contributed by atoms with E-state index in [1.807, 2.05) is 11.8 Å². The number of pyridine rings is 1. The average molecular weight is 377 g/mol. The van der Waals surface area contributed by atoms with Gasteiger partial charge in [-0.25, -0.2) is 8.42 Å². The van der Waals surface area contributed by atoms with Gasteiger partial charge >= 0.3 is 0 Å². The summed E-state index contributed by atoms with van der Waals surface area (Å²) in [6.45, 7) is 0. The van der Waals surface area contributed by atoms with Crippen LogP contribution in [0.25, 0.3) is 21.8 Å². The van der Waals surface area contributed by atoms with E-state index in [2.05, 4.69) is 9.97 Å². The van der Waals surface area contributed by atoms with Gasteiger partial charge in [0.15, 0.2) is 0 Å². The van der Waals surface area contributed by atoms with Crippen molar-refractivity contribution in [3.8, 4) is 0 Å². The van der Waals surface area contributed by atoms with E-state index in [0.717, 1.165) is 35.1 Å². The summed E-state index contributed by atoms with van der Waals surface area (Å²) in [5.41, 5.74) is 0.882. The third-order valence-electron chi connectivity index (χ3n) is 4.89. The Morgan fingerprint density at radius 1 is 1.16 bits per heavy atom. The maximum Gasteiger partial charge on any atom is 0.272 e. The number of benzene rings is 1. The number of aromatic nitrogens is 2. The van der Waals surface area contributed by atoms with E-state index < -0.39 is 10.0 Å². The molecule has 0 aliphatic carbocycles. The van der Waals surface area contributed by atoms with Gasteiger partial charge in [0.2, 0.25) is 10.0 Å². The van der Waals surface area contributed by atoms with Crippen molar-refractivity contribution in [1.29, 1.82) is 0 Å². The average Bonchev–Trinajstić information content (AvgIpc) is 3.12. The van der Waals surface area contributed by atoms with E-state index in [0.29, 0.717) is 11.0 Å². The Labute approximate surface area is 149 Å². The Balaban J connectivity index is 1.83. The van der Waals surface area contributed by atoms with Crippen LogP contribution >= 0.6 is 11.8 Å². The van der Waals surface area contributed by atoms with Crippen molar-refractivity contribution in [2.24, 2.45) is 0 Å². The van der Waals surface area contributed by atoms with Gasteiger partial charge < -0.3 is 9.97 Å². The van der Waals surface area contributed by atoms with E-state index >= 15 is 0 Å². The number of fused-ring (bicyclic) bond motifs is 3. The van der Waals surface area contributed by atoms with E-state index in [-0.39, 0.29) is 16.5 Å². The van der Waals surface area contributed by atoms with Crippen molar-refractivity contribution in [2.45, 2.75) is 23.8 Å². The molecule has 1 aliphatic rings. The largest absolute Gasteiger partial charge is 0.357 e. The van der Waals surface area contributed by atoms with E-state index in [9.17, 15) is 13.2 Å². The van der Waals surface area contributed by atoms with Gasteiger partial charge in [-0.15, -0.1) is 0 Å². The van der Waals surface area contributed by atoms with Gasteiger partial charge in [-0.05, 0) is 48.6 Å². The van der Waals surface area contributed by atoms with Crippen LogP contribution in [0.3, 0.4) is 0 Å². The van der Waals surface area contributed by atoms with E-state index in [1.165, 1.54) is 4.31 Å². The van der Waals surface area contributed by atoms with Crippen molar-refractivity contribution in [2.75, 3.05) is 18.6 Å². The zero-order chi connectivity index (χ0) is 17.6. The summed E-state index contributed by atoms with van der Waals surface area (Å²) in [6, 6.07) is 6.74. The predicted molar refractivity (Wildman–Crippen MR) is 102 cm³/mol. The molecule has 8 heteroatoms. The van der Waals surface area contributed by atoms with Crippen LogP contribution in [0.5, 0.6) is 0 Å². The first kappa shape index (κ1) is 16.7. The van der Waals surface area contributed by atoms with Gasteiger partial charge in [0.1, 0.15) is 5.52 Å². The summed E-state index contributed by atoms with van der Waals surface area (Å²) in [6.07, 6.45) is 3.44. The van der Waals surface area contributed by atoms with Crippen LogP contribution in [0.15, 0.2) is 40.2 Å². The SMILES string of the molecule is CN(C1CCSCC1)S(=O)(=O)c1ccc2[nH]c(=O)c3[nH]ccc3c2c1. The number of nitrogens with zero attached hydrogens (tertiary/aromatic N) is 1. The Bertz CT molecular complexity index is 1100. The number of sulfonamides is 1. The van der Waals surface area contributed by atoms with Gasteiger partial charge in [-0.3, -0.25) is 4.79 Å². The molecule has 2 N–H and O–H groups in total. The summed E-state index contributed by atoms with van der Waals surface area (Å²) in [5, 5.41) is 1.46. The van der Waals surface area contributed by atoms with Gasteiger partial charge in [0.25, 0.3) is 5.56 Å². The van der Waals surface area contributed by atoms with Crippen molar-refractivity contribution >= 4 is 43.6 Å². The van der Waals surface area contributed by atoms with Crippen molar-refractivity contribution in [3.63, 3.8) is 0 Å². The van der Waals surface area contributed by atoms with E-state index in [4.69, 9.17) is 0 Å². The molecule has 3 heterocycles. The second kappa shape index (κ2) is 6.19. The van der Waals surface area contributed by atoms with Crippen LogP contribution in [0.1, 0.15) is 12.8 Å². The number of aromatic amines is 2. The fourth-order valence-corrected chi connectivity index (χ4v) is 5.92. The normalized spacial score (nSPS) is 16.9. The molecule has 1 saturated heterocycles. The molecule has 1 aromatic carbocycles. The standard InChI is InChI=1S/C17H19N3O3S2/c1-20(11-5-8-24-9-6-11)25(22,23)12-2-3-15-14(10-12)13-4-7-18-16(13)17(21)19-15/h2-4,7,10-11,18H,5-6,8-9H2,1H3,(H,19,21). The molecule has 0 amide bonds. The lowest BCUT2D eigenvalue weighted by Crippen LogP contribution is -2.39. The quantitative estimate of drug-likeness (QED) is 0.734. The third-order valence-corrected chi connectivity index (χ3v) is 7.84. The first-order valence-corrected chi connectivity index (χ1v) is 10.8. The molecule has 0 saturated carbocycles. The minimum absolute atomic E-state index is 0.0461. The molecule has 2 aromatic heterocycles. The highest BCUT2D eigenvalue weighted by molar-refractivity contribution is 7.99. The number of thioether (sulfide) groups is 1. The van der Waals surface area contributed by atoms with Gasteiger partial charge in [0, 0.05) is 35.6 Å². The molecular formula is C17H19N3O3S2. The number of nitrogens with one attached hydrogen (secondary N) is 2. The molecule has 1 aliphatic heterocycles. The van der Waals surface area contributed by atoms with Crippen LogP contribution < -0.4 is 5.56 Å². The zero-order valence-electron chi connectivity index (χ0n) is 13.8. The summed E-state index contributed by atoms with van der Waals surface area (Å²) in [7, 11) is -1.90. The summed E-state index contributed by atoms with van der Waals surface area (Å²) in [5.74, 6) is 1.99. The van der Waals surface area contributed by atoms with Crippen LogP contribution in [-0.2, 0) is 10.0 Å². The lowest BCUT2D eigenvalue weighted by atomic mass is 10.1. The molecule has 1 fully saturated rings. The molecule has 0 bridgehead atoms. The molecule has 0 spiro atoms. The van der Waals surface area contributed by atoms with Crippen LogP contribution in [0, 0.1) is 0 Å². The van der Waals surface area contributed by atoms with Crippen LogP contribution in [-0.4, -0.2) is 47.3 Å². The molecule has 25 heavy (non-hydrogen) atoms. The predicted octanol–water partition coefficient (Wildman–Crippen LogP) is 2.53. The van der Waals surface area contributed by atoms with Gasteiger partial charge in [-0.2, -0.15) is 16.1 Å². The smallest absolute Gasteiger partial charge is 0.272 e. The molecule has 0 atom stereocenters. The zero-order valence-corrected chi connectivity index (χ0v) is 15.4. The molecule has 0 radical (unpaired) electrons. The lowest BCUT2D eigenvalue weighted by Gasteiger charge is -2.30. The van der Waals surface area contributed by atoms with Crippen LogP contribution in [0.4, 0.5) is 0 Å². The molecule has 0 unspecified atom stereocenters. The first-order valence-electron chi connectivity index (χ1n) is 8.17. The Kier molecular flexibility index (Phi) is 4.13. The summed E-state index contributed by atoms with van der Waals surface area (Å²) >= 11 is 1.87. The highest BCUT2D eigenvalue weighted by Crippen LogP contribution is 2.28. The maximum absolute atomic E-state index is 13.1. The highest BCUT2D eigenvalue weighted by atomic mass is 32.2. The van der Waals surface area contributed by atoms with Crippen LogP contribution in [0.2, 0.25) is 0 Å². The fourth-order valence-electron chi connectivity index (χ4n) is 3.39. The van der Waals surface area contributed by atoms with Crippen molar-refractivity contribution in [3.05, 3.63) is 40.8 Å². The van der Waals surface area contributed by atoms with E-state index in [1.54, 1.807) is 37.5 Å². The van der Waals surface area contributed by atoms with Crippen molar-refractivity contribution < 1.29 is 8.42 Å². The monoisotopic (exact) mass is 377 g/mol.